The smallest absolute Gasteiger partial charge is 0.328 e. The van der Waals surface area contributed by atoms with Crippen molar-refractivity contribution in [3.8, 4) is 0 Å². The fourth-order valence-corrected chi connectivity index (χ4v) is 4.82. The van der Waals surface area contributed by atoms with Crippen LogP contribution in [-0.4, -0.2) is 53.6 Å². The number of rotatable bonds is 5. The van der Waals surface area contributed by atoms with E-state index in [0.717, 1.165) is 48.2 Å². The molecule has 2 N–H and O–H groups in total. The number of thiophene rings is 1. The van der Waals surface area contributed by atoms with Gasteiger partial charge in [-0.3, -0.25) is 19.1 Å². The lowest BCUT2D eigenvalue weighted by atomic mass is 10.1. The first kappa shape index (κ1) is 20.4. The third-order valence-corrected chi connectivity index (χ3v) is 6.64. The Labute approximate surface area is 177 Å². The third kappa shape index (κ3) is 3.90. The molecule has 9 heteroatoms. The van der Waals surface area contributed by atoms with Crippen LogP contribution in [0, 0.1) is 0 Å². The highest BCUT2D eigenvalue weighted by Gasteiger charge is 2.20. The molecule has 0 aliphatic carbocycles. The van der Waals surface area contributed by atoms with Crippen LogP contribution in [0.2, 0.25) is 0 Å². The summed E-state index contributed by atoms with van der Waals surface area (Å²) in [6.45, 7) is 6.48. The molecule has 1 fully saturated rings. The molecule has 0 saturated carbocycles. The first-order valence-electron chi connectivity index (χ1n) is 10.0. The monoisotopic (exact) mass is 427 g/mol. The van der Waals surface area contributed by atoms with Crippen LogP contribution in [0.4, 0.5) is 5.00 Å². The largest absolute Gasteiger partial charge is 0.361 e. The van der Waals surface area contributed by atoms with Gasteiger partial charge in [-0.05, 0) is 36.8 Å². The van der Waals surface area contributed by atoms with Crippen molar-refractivity contribution in [2.45, 2.75) is 20.0 Å². The summed E-state index contributed by atoms with van der Waals surface area (Å²) in [5.74, 6) is -0.0510. The maximum atomic E-state index is 12.4. The van der Waals surface area contributed by atoms with Gasteiger partial charge in [-0.1, -0.05) is 6.07 Å². The Morgan fingerprint density at radius 2 is 1.90 bits per heavy atom. The topological polar surface area (TPSA) is 90.4 Å². The second-order valence-electron chi connectivity index (χ2n) is 7.34. The minimum absolute atomic E-state index is 0.0510. The molecule has 0 atom stereocenters. The lowest BCUT2D eigenvalue weighted by molar-refractivity contribution is 0.0967. The molecule has 1 saturated heterocycles. The number of anilines is 1. The summed E-state index contributed by atoms with van der Waals surface area (Å²) < 4.78 is 1.21. The van der Waals surface area contributed by atoms with Gasteiger partial charge in [0.1, 0.15) is 0 Å². The minimum atomic E-state index is -0.368. The zero-order valence-electron chi connectivity index (χ0n) is 17.1. The van der Waals surface area contributed by atoms with Gasteiger partial charge < -0.3 is 15.2 Å². The zero-order valence-corrected chi connectivity index (χ0v) is 17.9. The number of aromatic amines is 1. The van der Waals surface area contributed by atoms with E-state index >= 15 is 0 Å². The molecule has 30 heavy (non-hydrogen) atoms. The Hall–Kier alpha value is -2.91. The van der Waals surface area contributed by atoms with Gasteiger partial charge in [-0.25, -0.2) is 4.79 Å². The number of amides is 1. The number of aromatic nitrogens is 2. The molecule has 4 rings (SSSR count). The summed E-state index contributed by atoms with van der Waals surface area (Å²) in [6.07, 6.45) is 0. The lowest BCUT2D eigenvalue weighted by Crippen LogP contribution is -2.45. The Morgan fingerprint density at radius 1 is 1.13 bits per heavy atom. The Balaban J connectivity index is 1.43. The summed E-state index contributed by atoms with van der Waals surface area (Å²) in [7, 11) is 1.64. The molecule has 0 unspecified atom stereocenters. The average Bonchev–Trinajstić information content (AvgIpc) is 3.24. The van der Waals surface area contributed by atoms with Crippen molar-refractivity contribution in [2.24, 2.45) is 0 Å². The van der Waals surface area contributed by atoms with Gasteiger partial charge in [0.25, 0.3) is 11.5 Å². The molecule has 2 aromatic heterocycles. The van der Waals surface area contributed by atoms with E-state index < -0.39 is 0 Å². The molecule has 3 aromatic rings. The molecule has 3 heterocycles. The number of nitrogens with zero attached hydrogens (tertiary/aromatic N) is 3. The van der Waals surface area contributed by atoms with Crippen molar-refractivity contribution in [1.82, 2.24) is 19.8 Å². The third-order valence-electron chi connectivity index (χ3n) is 5.50. The van der Waals surface area contributed by atoms with E-state index in [1.807, 2.05) is 24.3 Å². The van der Waals surface area contributed by atoms with E-state index in [4.69, 9.17) is 0 Å². The summed E-state index contributed by atoms with van der Waals surface area (Å²) >= 11 is 1.51. The van der Waals surface area contributed by atoms with Crippen molar-refractivity contribution in [3.63, 3.8) is 0 Å². The number of nitrogens with one attached hydrogen (secondary N) is 2. The van der Waals surface area contributed by atoms with Gasteiger partial charge in [0.2, 0.25) is 0 Å². The second-order valence-corrected chi connectivity index (χ2v) is 8.40. The van der Waals surface area contributed by atoms with Crippen molar-refractivity contribution < 1.29 is 4.79 Å². The molecule has 0 radical (unpaired) electrons. The molecule has 0 spiro atoms. The van der Waals surface area contributed by atoms with E-state index in [0.29, 0.717) is 17.4 Å². The summed E-state index contributed by atoms with van der Waals surface area (Å²) in [4.78, 5) is 44.5. The second kappa shape index (κ2) is 8.45. The highest BCUT2D eigenvalue weighted by atomic mass is 32.1. The van der Waals surface area contributed by atoms with Crippen LogP contribution >= 0.6 is 11.3 Å². The van der Waals surface area contributed by atoms with E-state index in [2.05, 4.69) is 20.1 Å². The van der Waals surface area contributed by atoms with Crippen LogP contribution in [0.15, 0.2) is 39.9 Å². The quantitative estimate of drug-likeness (QED) is 0.643. The fraction of sp³-hybridized carbons (Fsp3) is 0.381. The van der Waals surface area contributed by atoms with E-state index in [9.17, 15) is 14.4 Å². The maximum Gasteiger partial charge on any atom is 0.328 e. The van der Waals surface area contributed by atoms with Crippen molar-refractivity contribution in [2.75, 3.05) is 38.1 Å². The number of hydrogen-bond acceptors (Lipinski definition) is 6. The summed E-state index contributed by atoms with van der Waals surface area (Å²) in [5, 5.41) is 4.31. The van der Waals surface area contributed by atoms with Gasteiger partial charge in [0, 0.05) is 46.3 Å². The SMILES string of the molecule is CCn1c(=O)[nH]c2cc(CN3CCN(c4ccc(C(=O)NC)s4)CC3)ccc2c1=O. The Kier molecular flexibility index (Phi) is 5.74. The van der Waals surface area contributed by atoms with Gasteiger partial charge in [0.05, 0.1) is 20.8 Å². The average molecular weight is 428 g/mol. The van der Waals surface area contributed by atoms with Crippen molar-refractivity contribution in [1.29, 1.82) is 0 Å². The number of hydrogen-bond donors (Lipinski definition) is 2. The van der Waals surface area contributed by atoms with Crippen LogP contribution in [0.3, 0.4) is 0 Å². The highest BCUT2D eigenvalue weighted by molar-refractivity contribution is 7.18. The number of piperazine rings is 1. The molecular weight excluding hydrogens is 402 g/mol. The molecule has 1 aromatic carbocycles. The van der Waals surface area contributed by atoms with Gasteiger partial charge in [-0.2, -0.15) is 0 Å². The number of fused-ring (bicyclic) bond motifs is 1. The van der Waals surface area contributed by atoms with Crippen LogP contribution in [-0.2, 0) is 13.1 Å². The number of H-pyrrole nitrogens is 1. The van der Waals surface area contributed by atoms with Gasteiger partial charge in [0.15, 0.2) is 0 Å². The molecular formula is C21H25N5O3S. The normalized spacial score (nSPS) is 14.9. The predicted molar refractivity (Wildman–Crippen MR) is 120 cm³/mol. The van der Waals surface area contributed by atoms with Gasteiger partial charge >= 0.3 is 5.69 Å². The fourth-order valence-electron chi connectivity index (χ4n) is 3.81. The van der Waals surface area contributed by atoms with Crippen LogP contribution in [0.1, 0.15) is 22.2 Å². The molecule has 1 aliphatic heterocycles. The number of carbonyl (C=O) groups is 1. The van der Waals surface area contributed by atoms with Crippen LogP contribution in [0.25, 0.3) is 10.9 Å². The number of benzene rings is 1. The predicted octanol–water partition coefficient (Wildman–Crippen LogP) is 1.45. The lowest BCUT2D eigenvalue weighted by Gasteiger charge is -2.35. The molecule has 1 amide bonds. The van der Waals surface area contributed by atoms with E-state index in [-0.39, 0.29) is 17.2 Å². The number of carbonyl (C=O) groups excluding carboxylic acids is 1. The van der Waals surface area contributed by atoms with Crippen LogP contribution in [0.5, 0.6) is 0 Å². The van der Waals surface area contributed by atoms with E-state index in [1.54, 1.807) is 20.0 Å². The Bertz CT molecular complexity index is 1190. The standard InChI is InChI=1S/C21H25N5O3S/c1-3-26-20(28)15-5-4-14(12-16(15)23-21(26)29)13-24-8-10-25(11-9-24)18-7-6-17(30-18)19(27)22-2/h4-7,12H,3,8-11,13H2,1-2H3,(H,22,27)(H,23,29). The minimum Gasteiger partial charge on any atom is -0.361 e. The molecule has 158 valence electrons. The summed E-state index contributed by atoms with van der Waals surface area (Å²) in [6, 6.07) is 9.54. The van der Waals surface area contributed by atoms with Crippen LogP contribution < -0.4 is 21.5 Å². The molecule has 1 aliphatic rings. The van der Waals surface area contributed by atoms with Crippen molar-refractivity contribution in [3.05, 3.63) is 61.6 Å². The van der Waals surface area contributed by atoms with Crippen molar-refractivity contribution >= 4 is 33.1 Å². The zero-order chi connectivity index (χ0) is 21.3. The van der Waals surface area contributed by atoms with E-state index in [1.165, 1.54) is 15.9 Å². The summed E-state index contributed by atoms with van der Waals surface area (Å²) in [5.41, 5.74) is 1.04. The highest BCUT2D eigenvalue weighted by Crippen LogP contribution is 2.27. The molecule has 8 nitrogen and oxygen atoms in total. The maximum absolute atomic E-state index is 12.4. The first-order valence-corrected chi connectivity index (χ1v) is 10.9. The Morgan fingerprint density at radius 3 is 2.60 bits per heavy atom. The van der Waals surface area contributed by atoms with Gasteiger partial charge in [-0.15, -0.1) is 11.3 Å². The first-order chi connectivity index (χ1) is 14.5. The molecule has 0 bridgehead atoms.